The summed E-state index contributed by atoms with van der Waals surface area (Å²) in [4.78, 5) is 12.9. The second-order valence-electron chi connectivity index (χ2n) is 4.11. The molecular formula is C12H14BrNO2. The Bertz CT molecular complexity index is 395. The van der Waals surface area contributed by atoms with Crippen molar-refractivity contribution in [2.75, 3.05) is 24.6 Å². The van der Waals surface area contributed by atoms with Crippen molar-refractivity contribution in [1.29, 1.82) is 0 Å². The van der Waals surface area contributed by atoms with E-state index in [1.54, 1.807) is 0 Å². The zero-order chi connectivity index (χ0) is 11.5. The number of nitrogens with zero attached hydrogens (tertiary/aromatic N) is 1. The molecule has 0 radical (unpaired) electrons. The standard InChI is InChI=1S/C12H14BrNO2/c13-12-5-11(2-1-10(12)8-16)14-4-3-9(6-14)7-15/h1-2,5,8-9,15H,3-4,6-7H2. The van der Waals surface area contributed by atoms with Crippen molar-refractivity contribution >= 4 is 27.9 Å². The van der Waals surface area contributed by atoms with Crippen LogP contribution in [0.15, 0.2) is 22.7 Å². The maximum atomic E-state index is 10.7. The molecule has 1 unspecified atom stereocenters. The number of carbonyl (C=O) groups excluding carboxylic acids is 1. The largest absolute Gasteiger partial charge is 0.396 e. The predicted molar refractivity (Wildman–Crippen MR) is 66.9 cm³/mol. The lowest BCUT2D eigenvalue weighted by Gasteiger charge is -2.19. The van der Waals surface area contributed by atoms with Crippen molar-refractivity contribution in [3.63, 3.8) is 0 Å². The molecule has 1 atom stereocenters. The highest BCUT2D eigenvalue weighted by Crippen LogP contribution is 2.27. The van der Waals surface area contributed by atoms with Crippen LogP contribution in [0.2, 0.25) is 0 Å². The quantitative estimate of drug-likeness (QED) is 0.864. The van der Waals surface area contributed by atoms with E-state index in [2.05, 4.69) is 20.8 Å². The number of aliphatic hydroxyl groups excluding tert-OH is 1. The van der Waals surface area contributed by atoms with E-state index in [1.807, 2.05) is 18.2 Å². The molecule has 0 aliphatic carbocycles. The molecule has 1 aliphatic rings. The van der Waals surface area contributed by atoms with Gasteiger partial charge in [0.25, 0.3) is 0 Å². The molecular weight excluding hydrogens is 270 g/mol. The van der Waals surface area contributed by atoms with E-state index in [0.29, 0.717) is 11.5 Å². The lowest BCUT2D eigenvalue weighted by atomic mass is 10.1. The maximum absolute atomic E-state index is 10.7. The summed E-state index contributed by atoms with van der Waals surface area (Å²) in [6.45, 7) is 2.12. The van der Waals surface area contributed by atoms with Crippen LogP contribution in [-0.4, -0.2) is 31.1 Å². The van der Waals surface area contributed by atoms with Gasteiger partial charge in [0.05, 0.1) is 0 Å². The summed E-state index contributed by atoms with van der Waals surface area (Å²) in [5, 5.41) is 9.09. The molecule has 16 heavy (non-hydrogen) atoms. The number of benzene rings is 1. The Morgan fingerprint density at radius 1 is 1.56 bits per heavy atom. The van der Waals surface area contributed by atoms with Crippen LogP contribution in [-0.2, 0) is 0 Å². The zero-order valence-corrected chi connectivity index (χ0v) is 10.5. The summed E-state index contributed by atoms with van der Waals surface area (Å²) in [5.74, 6) is 0.379. The second kappa shape index (κ2) is 4.97. The third-order valence-corrected chi connectivity index (χ3v) is 3.71. The number of aliphatic hydroxyl groups is 1. The van der Waals surface area contributed by atoms with Crippen LogP contribution < -0.4 is 4.90 Å². The summed E-state index contributed by atoms with van der Waals surface area (Å²) < 4.78 is 0.826. The monoisotopic (exact) mass is 283 g/mol. The number of anilines is 1. The van der Waals surface area contributed by atoms with Crippen LogP contribution >= 0.6 is 15.9 Å². The van der Waals surface area contributed by atoms with Crippen molar-refractivity contribution in [2.24, 2.45) is 5.92 Å². The molecule has 1 aliphatic heterocycles. The number of rotatable bonds is 3. The van der Waals surface area contributed by atoms with Crippen LogP contribution in [0, 0.1) is 5.92 Å². The minimum Gasteiger partial charge on any atom is -0.396 e. The number of hydrogen-bond donors (Lipinski definition) is 1. The fourth-order valence-corrected chi connectivity index (χ4v) is 2.48. The Morgan fingerprint density at radius 2 is 2.38 bits per heavy atom. The average Bonchev–Trinajstić information content (AvgIpc) is 2.77. The molecule has 0 spiro atoms. The molecule has 1 heterocycles. The summed E-state index contributed by atoms with van der Waals surface area (Å²) >= 11 is 3.38. The minimum atomic E-state index is 0.254. The maximum Gasteiger partial charge on any atom is 0.151 e. The molecule has 86 valence electrons. The number of aldehydes is 1. The molecule has 1 aromatic carbocycles. The van der Waals surface area contributed by atoms with Crippen LogP contribution in [0.25, 0.3) is 0 Å². The van der Waals surface area contributed by atoms with Gasteiger partial charge >= 0.3 is 0 Å². The summed E-state index contributed by atoms with van der Waals surface area (Å²) in [7, 11) is 0. The van der Waals surface area contributed by atoms with Crippen molar-refractivity contribution in [1.82, 2.24) is 0 Å². The van der Waals surface area contributed by atoms with E-state index in [1.165, 1.54) is 0 Å². The Hall–Kier alpha value is -0.870. The highest BCUT2D eigenvalue weighted by atomic mass is 79.9. The molecule has 1 N–H and O–H groups in total. The first-order chi connectivity index (χ1) is 7.74. The van der Waals surface area contributed by atoms with E-state index in [4.69, 9.17) is 5.11 Å². The smallest absolute Gasteiger partial charge is 0.151 e. The van der Waals surface area contributed by atoms with Gasteiger partial charge in [0.15, 0.2) is 6.29 Å². The molecule has 1 fully saturated rings. The highest BCUT2D eigenvalue weighted by molar-refractivity contribution is 9.10. The molecule has 0 saturated carbocycles. The fourth-order valence-electron chi connectivity index (χ4n) is 2.02. The summed E-state index contributed by atoms with van der Waals surface area (Å²) in [6, 6.07) is 5.73. The van der Waals surface area contributed by atoms with Crippen molar-refractivity contribution in [2.45, 2.75) is 6.42 Å². The number of halogens is 1. The van der Waals surface area contributed by atoms with Crippen LogP contribution in [0.3, 0.4) is 0 Å². The Balaban J connectivity index is 2.16. The molecule has 0 bridgehead atoms. The zero-order valence-electron chi connectivity index (χ0n) is 8.90. The van der Waals surface area contributed by atoms with E-state index < -0.39 is 0 Å². The predicted octanol–water partition coefficient (Wildman–Crippen LogP) is 2.08. The summed E-state index contributed by atoms with van der Waals surface area (Å²) in [5.41, 5.74) is 1.77. The molecule has 0 aromatic heterocycles. The molecule has 1 saturated heterocycles. The van der Waals surface area contributed by atoms with Crippen LogP contribution in [0.4, 0.5) is 5.69 Å². The number of hydrogen-bond acceptors (Lipinski definition) is 3. The normalized spacial score (nSPS) is 20.1. The first-order valence-electron chi connectivity index (χ1n) is 5.35. The Morgan fingerprint density at radius 3 is 2.94 bits per heavy atom. The molecule has 2 rings (SSSR count). The lowest BCUT2D eigenvalue weighted by molar-refractivity contribution is 0.112. The third-order valence-electron chi connectivity index (χ3n) is 3.02. The molecule has 0 amide bonds. The van der Waals surface area contributed by atoms with Gasteiger partial charge in [-0.2, -0.15) is 0 Å². The van der Waals surface area contributed by atoms with E-state index in [0.717, 1.165) is 36.0 Å². The van der Waals surface area contributed by atoms with Gasteiger partial charge in [0.2, 0.25) is 0 Å². The van der Waals surface area contributed by atoms with Gasteiger partial charge in [-0.25, -0.2) is 0 Å². The van der Waals surface area contributed by atoms with Gasteiger partial charge in [0, 0.05) is 41.3 Å². The average molecular weight is 284 g/mol. The molecule has 3 nitrogen and oxygen atoms in total. The van der Waals surface area contributed by atoms with Gasteiger partial charge in [-0.3, -0.25) is 4.79 Å². The van der Waals surface area contributed by atoms with Crippen LogP contribution in [0.5, 0.6) is 0 Å². The van der Waals surface area contributed by atoms with Crippen molar-refractivity contribution in [3.8, 4) is 0 Å². The third kappa shape index (κ3) is 2.28. The topological polar surface area (TPSA) is 40.5 Å². The first-order valence-corrected chi connectivity index (χ1v) is 6.14. The Labute approximate surface area is 103 Å². The van der Waals surface area contributed by atoms with E-state index >= 15 is 0 Å². The fraction of sp³-hybridized carbons (Fsp3) is 0.417. The summed E-state index contributed by atoms with van der Waals surface area (Å²) in [6.07, 6.45) is 1.87. The van der Waals surface area contributed by atoms with Gasteiger partial charge < -0.3 is 10.0 Å². The van der Waals surface area contributed by atoms with Crippen molar-refractivity contribution in [3.05, 3.63) is 28.2 Å². The lowest BCUT2D eigenvalue weighted by Crippen LogP contribution is -2.20. The van der Waals surface area contributed by atoms with Gasteiger partial charge in [-0.15, -0.1) is 0 Å². The Kier molecular flexibility index (Phi) is 3.61. The van der Waals surface area contributed by atoms with Gasteiger partial charge in [-0.1, -0.05) is 0 Å². The van der Waals surface area contributed by atoms with Gasteiger partial charge in [0.1, 0.15) is 0 Å². The van der Waals surface area contributed by atoms with E-state index in [-0.39, 0.29) is 6.61 Å². The van der Waals surface area contributed by atoms with Crippen molar-refractivity contribution < 1.29 is 9.90 Å². The molecule has 1 aromatic rings. The van der Waals surface area contributed by atoms with Crippen LogP contribution in [0.1, 0.15) is 16.8 Å². The first kappa shape index (κ1) is 11.6. The SMILES string of the molecule is O=Cc1ccc(N2CCC(CO)C2)cc1Br. The highest BCUT2D eigenvalue weighted by Gasteiger charge is 2.22. The van der Waals surface area contributed by atoms with E-state index in [9.17, 15) is 4.79 Å². The second-order valence-corrected chi connectivity index (χ2v) is 4.96. The number of carbonyl (C=O) groups is 1. The van der Waals surface area contributed by atoms with Gasteiger partial charge in [-0.05, 0) is 40.5 Å². The minimum absolute atomic E-state index is 0.254. The molecule has 4 heteroatoms.